The number of amides is 1. The summed E-state index contributed by atoms with van der Waals surface area (Å²) in [7, 11) is 0. The summed E-state index contributed by atoms with van der Waals surface area (Å²) >= 11 is 1.17. The van der Waals surface area contributed by atoms with Crippen LogP contribution in [0.5, 0.6) is 0 Å². The molecule has 0 saturated carbocycles. The molecule has 2 aromatic rings. The number of rotatable bonds is 5. The molecule has 5 nitrogen and oxygen atoms in total. The van der Waals surface area contributed by atoms with Crippen molar-refractivity contribution < 1.29 is 4.79 Å². The lowest BCUT2D eigenvalue weighted by molar-refractivity contribution is 0.0950. The van der Waals surface area contributed by atoms with Gasteiger partial charge in [0.25, 0.3) is 5.91 Å². The first-order valence-electron chi connectivity index (χ1n) is 7.66. The Morgan fingerprint density at radius 1 is 1.36 bits per heavy atom. The van der Waals surface area contributed by atoms with Gasteiger partial charge in [0.15, 0.2) is 0 Å². The number of fused-ring (bicyclic) bond motifs is 1. The van der Waals surface area contributed by atoms with Gasteiger partial charge in [-0.1, -0.05) is 35.7 Å². The molecule has 1 aromatic heterocycles. The van der Waals surface area contributed by atoms with Crippen LogP contribution in [-0.4, -0.2) is 40.0 Å². The Balaban J connectivity index is 1.49. The molecule has 22 heavy (non-hydrogen) atoms. The van der Waals surface area contributed by atoms with Crippen LogP contribution in [0.2, 0.25) is 0 Å². The second-order valence-corrected chi connectivity index (χ2v) is 6.21. The standard InChI is InChI=1S/C16H20N4OS/c1-2-14-15(22-19-18-14)16(21)17-8-10-20-9-7-12-5-3-4-6-13(12)11-20/h3-6H,2,7-11H2,1H3,(H,17,21). The van der Waals surface area contributed by atoms with E-state index in [0.29, 0.717) is 11.4 Å². The molecular formula is C16H20N4OS. The molecule has 0 radical (unpaired) electrons. The molecule has 0 unspecified atom stereocenters. The minimum absolute atomic E-state index is 0.0516. The van der Waals surface area contributed by atoms with Crippen molar-refractivity contribution in [1.82, 2.24) is 19.8 Å². The van der Waals surface area contributed by atoms with Crippen molar-refractivity contribution in [2.24, 2.45) is 0 Å². The zero-order valence-corrected chi connectivity index (χ0v) is 13.5. The predicted octanol–water partition coefficient (Wildman–Crippen LogP) is 1.89. The third kappa shape index (κ3) is 3.34. The highest BCUT2D eigenvalue weighted by Gasteiger charge is 2.17. The predicted molar refractivity (Wildman–Crippen MR) is 87.0 cm³/mol. The molecule has 2 heterocycles. The van der Waals surface area contributed by atoms with E-state index in [1.807, 2.05) is 6.92 Å². The van der Waals surface area contributed by atoms with Gasteiger partial charge in [0.05, 0.1) is 5.69 Å². The van der Waals surface area contributed by atoms with E-state index in [4.69, 9.17) is 0 Å². The van der Waals surface area contributed by atoms with Crippen LogP contribution < -0.4 is 5.32 Å². The molecule has 1 aromatic carbocycles. The summed E-state index contributed by atoms with van der Waals surface area (Å²) in [6, 6.07) is 8.59. The van der Waals surface area contributed by atoms with Gasteiger partial charge in [-0.3, -0.25) is 9.69 Å². The van der Waals surface area contributed by atoms with Crippen LogP contribution in [0.15, 0.2) is 24.3 Å². The molecule has 116 valence electrons. The molecule has 1 N–H and O–H groups in total. The van der Waals surface area contributed by atoms with Gasteiger partial charge >= 0.3 is 0 Å². The van der Waals surface area contributed by atoms with Gasteiger partial charge in [0.2, 0.25) is 0 Å². The van der Waals surface area contributed by atoms with Crippen LogP contribution in [0, 0.1) is 0 Å². The van der Waals surface area contributed by atoms with Crippen molar-refractivity contribution in [2.45, 2.75) is 26.3 Å². The summed E-state index contributed by atoms with van der Waals surface area (Å²) in [6.45, 7) is 5.53. The third-order valence-corrected chi connectivity index (χ3v) is 4.79. The number of aryl methyl sites for hydroxylation is 1. The van der Waals surface area contributed by atoms with Gasteiger partial charge < -0.3 is 5.32 Å². The summed E-state index contributed by atoms with van der Waals surface area (Å²) in [4.78, 5) is 15.2. The lowest BCUT2D eigenvalue weighted by atomic mass is 10.00. The van der Waals surface area contributed by atoms with Gasteiger partial charge in [-0.2, -0.15) is 0 Å². The van der Waals surface area contributed by atoms with Crippen LogP contribution in [-0.2, 0) is 19.4 Å². The van der Waals surface area contributed by atoms with Gasteiger partial charge in [-0.15, -0.1) is 5.10 Å². The summed E-state index contributed by atoms with van der Waals surface area (Å²) in [5.41, 5.74) is 3.64. The smallest absolute Gasteiger partial charge is 0.264 e. The molecule has 0 saturated heterocycles. The second-order valence-electron chi connectivity index (χ2n) is 5.45. The highest BCUT2D eigenvalue weighted by Crippen LogP contribution is 2.17. The summed E-state index contributed by atoms with van der Waals surface area (Å²) in [6.07, 6.45) is 1.82. The van der Waals surface area contributed by atoms with Crippen LogP contribution >= 0.6 is 11.5 Å². The quantitative estimate of drug-likeness (QED) is 0.915. The topological polar surface area (TPSA) is 58.1 Å². The molecule has 0 spiro atoms. The maximum atomic E-state index is 12.1. The van der Waals surface area contributed by atoms with E-state index in [0.717, 1.165) is 38.2 Å². The number of nitrogens with zero attached hydrogens (tertiary/aromatic N) is 3. The summed E-state index contributed by atoms with van der Waals surface area (Å²) < 4.78 is 3.86. The van der Waals surface area contributed by atoms with E-state index in [9.17, 15) is 4.79 Å². The highest BCUT2D eigenvalue weighted by molar-refractivity contribution is 7.08. The monoisotopic (exact) mass is 316 g/mol. The molecule has 1 aliphatic rings. The van der Waals surface area contributed by atoms with Gasteiger partial charge in [0.1, 0.15) is 4.88 Å². The number of carbonyl (C=O) groups excluding carboxylic acids is 1. The van der Waals surface area contributed by atoms with Crippen molar-refractivity contribution in [3.63, 3.8) is 0 Å². The molecule has 0 aliphatic carbocycles. The number of aromatic nitrogens is 2. The number of benzene rings is 1. The first-order chi connectivity index (χ1) is 10.8. The number of hydrogen-bond acceptors (Lipinski definition) is 5. The SMILES string of the molecule is CCc1nnsc1C(=O)NCCN1CCc2ccccc2C1. The zero-order valence-electron chi connectivity index (χ0n) is 12.7. The Hall–Kier alpha value is -1.79. The molecule has 0 atom stereocenters. The molecule has 0 bridgehead atoms. The zero-order chi connectivity index (χ0) is 15.4. The fourth-order valence-electron chi connectivity index (χ4n) is 2.77. The van der Waals surface area contributed by atoms with Crippen LogP contribution in [0.3, 0.4) is 0 Å². The third-order valence-electron chi connectivity index (χ3n) is 4.02. The average Bonchev–Trinajstić information content (AvgIpc) is 3.03. The van der Waals surface area contributed by atoms with E-state index in [1.54, 1.807) is 0 Å². The molecule has 0 fully saturated rings. The van der Waals surface area contributed by atoms with Gasteiger partial charge in [-0.25, -0.2) is 0 Å². The number of carbonyl (C=O) groups is 1. The number of nitrogens with one attached hydrogen (secondary N) is 1. The van der Waals surface area contributed by atoms with E-state index in [-0.39, 0.29) is 5.91 Å². The van der Waals surface area contributed by atoms with Crippen molar-refractivity contribution in [1.29, 1.82) is 0 Å². The fourth-order valence-corrected chi connectivity index (χ4v) is 3.43. The molecule has 1 amide bonds. The van der Waals surface area contributed by atoms with Crippen molar-refractivity contribution >= 4 is 17.4 Å². The van der Waals surface area contributed by atoms with E-state index in [1.165, 1.54) is 22.7 Å². The Labute approximate surface area is 134 Å². The van der Waals surface area contributed by atoms with Crippen molar-refractivity contribution in [3.8, 4) is 0 Å². The van der Waals surface area contributed by atoms with Gasteiger partial charge in [-0.05, 0) is 35.5 Å². The first kappa shape index (κ1) is 15.1. The number of hydrogen-bond donors (Lipinski definition) is 1. The first-order valence-corrected chi connectivity index (χ1v) is 8.44. The Bertz CT molecular complexity index is 655. The second kappa shape index (κ2) is 6.98. The minimum atomic E-state index is -0.0516. The van der Waals surface area contributed by atoms with Crippen LogP contribution in [0.1, 0.15) is 33.4 Å². The molecular weight excluding hydrogens is 296 g/mol. The van der Waals surface area contributed by atoms with Crippen LogP contribution in [0.4, 0.5) is 0 Å². The van der Waals surface area contributed by atoms with Crippen molar-refractivity contribution in [3.05, 3.63) is 46.0 Å². The lowest BCUT2D eigenvalue weighted by Gasteiger charge is -2.28. The minimum Gasteiger partial charge on any atom is -0.350 e. The lowest BCUT2D eigenvalue weighted by Crippen LogP contribution is -2.37. The largest absolute Gasteiger partial charge is 0.350 e. The Morgan fingerprint density at radius 2 is 2.18 bits per heavy atom. The molecule has 3 rings (SSSR count). The Morgan fingerprint density at radius 3 is 3.00 bits per heavy atom. The maximum Gasteiger partial charge on any atom is 0.264 e. The van der Waals surface area contributed by atoms with E-state index >= 15 is 0 Å². The normalized spacial score (nSPS) is 14.6. The van der Waals surface area contributed by atoms with E-state index < -0.39 is 0 Å². The Kier molecular flexibility index (Phi) is 4.80. The maximum absolute atomic E-state index is 12.1. The van der Waals surface area contributed by atoms with E-state index in [2.05, 4.69) is 44.1 Å². The average molecular weight is 316 g/mol. The summed E-state index contributed by atoms with van der Waals surface area (Å²) in [5, 5.41) is 6.96. The fraction of sp³-hybridized carbons (Fsp3) is 0.438. The van der Waals surface area contributed by atoms with Crippen molar-refractivity contribution in [2.75, 3.05) is 19.6 Å². The summed E-state index contributed by atoms with van der Waals surface area (Å²) in [5.74, 6) is -0.0516. The highest BCUT2D eigenvalue weighted by atomic mass is 32.1. The molecule has 6 heteroatoms. The molecule has 1 aliphatic heterocycles. The van der Waals surface area contributed by atoms with Gasteiger partial charge in [0, 0.05) is 26.2 Å². The van der Waals surface area contributed by atoms with Crippen LogP contribution in [0.25, 0.3) is 0 Å².